The molecule has 0 bridgehead atoms. The molecule has 6 heterocycles. The van der Waals surface area contributed by atoms with Crippen molar-refractivity contribution >= 4 is 74.2 Å². The number of amidine groups is 1. The number of benzene rings is 1. The van der Waals surface area contributed by atoms with Crippen LogP contribution in [0.25, 0.3) is 11.0 Å². The normalized spacial score (nSPS) is 17.7. The van der Waals surface area contributed by atoms with Crippen LogP contribution < -0.4 is 16.0 Å². The Balaban J connectivity index is 1.07. The standard InChI is InChI=1S/C35H31N9O5S2/c1-49-41-29(25-19-51-35(37)40-25)28(45)15-24-32(46)44-30(34(47)48)22(18-50-33(24)44)17-42-13-2-3-26-27(42)10-14-43(26)16-20-4-6-21(7-5-20)31(36)39-23-8-11-38-12-9-23/h2-14,19,24,33H,15-18H2,1H3,(H4-,36,37,38,39,40,47,48)/p+1/b41-29-/t24-,33-/m1/s1. The molecule has 1 fully saturated rings. The highest BCUT2D eigenvalue weighted by Gasteiger charge is 2.54. The molecule has 2 atom stereocenters. The number of Topliss-reactive ketones (excluding diaryl/α,β-unsaturated/α-hetero) is 1. The highest BCUT2D eigenvalue weighted by Crippen LogP contribution is 2.45. The Hall–Kier alpha value is -5.87. The third-order valence-electron chi connectivity index (χ3n) is 8.67. The largest absolute Gasteiger partial charge is 0.477 e. The Bertz CT molecular complexity index is 2250. The van der Waals surface area contributed by atoms with Crippen LogP contribution in [0.4, 0.5) is 10.8 Å². The number of anilines is 1. The first-order valence-electron chi connectivity index (χ1n) is 15.8. The van der Waals surface area contributed by atoms with Gasteiger partial charge in [-0.2, -0.15) is 4.57 Å². The summed E-state index contributed by atoms with van der Waals surface area (Å²) in [6.45, 7) is 0.877. The number of aliphatic imine (C=N–C) groups is 1. The summed E-state index contributed by atoms with van der Waals surface area (Å²) in [5.41, 5.74) is 17.3. The number of rotatable bonds is 12. The highest BCUT2D eigenvalue weighted by molar-refractivity contribution is 8.00. The first-order chi connectivity index (χ1) is 24.7. The third kappa shape index (κ3) is 6.70. The number of carbonyl (C=O) groups is 3. The van der Waals surface area contributed by atoms with E-state index in [2.05, 4.69) is 24.7 Å². The van der Waals surface area contributed by atoms with Crippen LogP contribution in [0.2, 0.25) is 0 Å². The Kier molecular flexibility index (Phi) is 9.34. The molecule has 5 aromatic rings. The van der Waals surface area contributed by atoms with Crippen LogP contribution in [0.1, 0.15) is 23.2 Å². The number of oxime groups is 1. The molecule has 5 N–H and O–H groups in total. The summed E-state index contributed by atoms with van der Waals surface area (Å²) in [5.74, 6) is -1.96. The fourth-order valence-corrected chi connectivity index (χ4v) is 8.21. The van der Waals surface area contributed by atoms with Crippen LogP contribution in [0.15, 0.2) is 106 Å². The van der Waals surface area contributed by atoms with Gasteiger partial charge in [0.2, 0.25) is 11.4 Å². The zero-order valence-corrected chi connectivity index (χ0v) is 28.9. The first-order valence-corrected chi connectivity index (χ1v) is 17.7. The molecule has 4 aromatic heterocycles. The number of nitrogens with two attached hydrogens (primary N) is 2. The van der Waals surface area contributed by atoms with E-state index in [4.69, 9.17) is 16.3 Å². The number of amides is 1. The minimum Gasteiger partial charge on any atom is -0.477 e. The maximum atomic E-state index is 13.4. The molecule has 0 aliphatic carbocycles. The van der Waals surface area contributed by atoms with Gasteiger partial charge in [-0.3, -0.25) is 19.5 Å². The topological polar surface area (TPSA) is 195 Å². The maximum absolute atomic E-state index is 13.4. The number of hydrogen-bond donors (Lipinski definition) is 3. The molecule has 16 heteroatoms. The van der Waals surface area contributed by atoms with E-state index in [-0.39, 0.29) is 35.2 Å². The van der Waals surface area contributed by atoms with Crippen LogP contribution in [0.3, 0.4) is 0 Å². The molecule has 14 nitrogen and oxygen atoms in total. The SMILES string of the molecule is CO/N=C(\C(=O)C[C@@H]1C(=O)N2C(C(=O)O)=C(C[n+]3cccc4c3ccn4Cc3ccc(C(N)=Nc4ccncc4)cc3)CS[C@H]12)c1csc(N)n1. The van der Waals surface area contributed by atoms with Crippen molar-refractivity contribution in [2.75, 3.05) is 18.6 Å². The van der Waals surface area contributed by atoms with Crippen molar-refractivity contribution in [3.05, 3.63) is 113 Å². The zero-order valence-electron chi connectivity index (χ0n) is 27.2. The van der Waals surface area contributed by atoms with Gasteiger partial charge in [-0.15, -0.1) is 23.1 Å². The lowest BCUT2D eigenvalue weighted by Gasteiger charge is -2.49. The smallest absolute Gasteiger partial charge is 0.352 e. The van der Waals surface area contributed by atoms with Crippen molar-refractivity contribution in [1.29, 1.82) is 0 Å². The van der Waals surface area contributed by atoms with Crippen molar-refractivity contribution in [1.82, 2.24) is 19.4 Å². The minimum atomic E-state index is -1.19. The summed E-state index contributed by atoms with van der Waals surface area (Å²) >= 11 is 2.60. The number of ketones is 1. The molecule has 0 spiro atoms. The van der Waals surface area contributed by atoms with Gasteiger partial charge < -0.3 is 26.0 Å². The van der Waals surface area contributed by atoms with Crippen molar-refractivity contribution < 1.29 is 28.9 Å². The van der Waals surface area contributed by atoms with Gasteiger partial charge in [0, 0.05) is 66.0 Å². The van der Waals surface area contributed by atoms with Crippen molar-refractivity contribution in [2.45, 2.75) is 24.9 Å². The number of carbonyl (C=O) groups excluding carboxylic acids is 2. The summed E-state index contributed by atoms with van der Waals surface area (Å²) in [5, 5.41) is 15.5. The molecule has 1 amide bonds. The van der Waals surface area contributed by atoms with Crippen LogP contribution >= 0.6 is 23.1 Å². The molecule has 0 saturated carbocycles. The molecule has 2 aliphatic rings. The number of nitrogens with zero attached hydrogens (tertiary/aromatic N) is 7. The molecule has 7 rings (SSSR count). The Morgan fingerprint density at radius 3 is 2.63 bits per heavy atom. The Morgan fingerprint density at radius 2 is 1.92 bits per heavy atom. The zero-order chi connectivity index (χ0) is 35.6. The number of thioether (sulfide) groups is 1. The van der Waals surface area contributed by atoms with Gasteiger partial charge in [0.1, 0.15) is 29.9 Å². The van der Waals surface area contributed by atoms with Crippen LogP contribution in [0, 0.1) is 5.92 Å². The first kappa shape index (κ1) is 33.6. The minimum absolute atomic E-state index is 0.0308. The number of carboxylic acids is 1. The van der Waals surface area contributed by atoms with E-state index in [1.807, 2.05) is 59.4 Å². The van der Waals surface area contributed by atoms with E-state index in [9.17, 15) is 19.5 Å². The van der Waals surface area contributed by atoms with Crippen molar-refractivity contribution in [2.24, 2.45) is 21.8 Å². The average Bonchev–Trinajstić information content (AvgIpc) is 3.76. The van der Waals surface area contributed by atoms with E-state index < -0.39 is 29.0 Å². The molecular formula is C35H32N9O5S2+. The number of β-lactam (4-membered cyclic amide) rings is 1. The number of fused-ring (bicyclic) bond motifs is 2. The third-order valence-corrected chi connectivity index (χ3v) is 10.7. The molecule has 258 valence electrons. The number of aromatic nitrogens is 4. The molecule has 0 radical (unpaired) electrons. The van der Waals surface area contributed by atoms with E-state index in [0.717, 1.165) is 39.2 Å². The second-order valence-corrected chi connectivity index (χ2v) is 13.8. The number of aliphatic carboxylic acids is 1. The number of pyridine rings is 2. The lowest BCUT2D eigenvalue weighted by Crippen LogP contribution is -2.62. The summed E-state index contributed by atoms with van der Waals surface area (Å²) in [4.78, 5) is 58.0. The van der Waals surface area contributed by atoms with Crippen LogP contribution in [-0.2, 0) is 32.3 Å². The highest BCUT2D eigenvalue weighted by atomic mass is 32.2. The predicted octanol–water partition coefficient (Wildman–Crippen LogP) is 3.33. The Morgan fingerprint density at radius 1 is 1.14 bits per heavy atom. The molecule has 1 aromatic carbocycles. The second-order valence-electron chi connectivity index (χ2n) is 11.8. The molecule has 2 aliphatic heterocycles. The van der Waals surface area contributed by atoms with Gasteiger partial charge in [-0.1, -0.05) is 29.4 Å². The van der Waals surface area contributed by atoms with E-state index in [1.54, 1.807) is 29.9 Å². The molecular weight excluding hydrogens is 691 g/mol. The molecule has 1 saturated heterocycles. The number of nitrogen functional groups attached to an aromatic ring is 1. The van der Waals surface area contributed by atoms with Gasteiger partial charge in [-0.25, -0.2) is 14.8 Å². The number of hydrogen-bond acceptors (Lipinski definition) is 11. The van der Waals surface area contributed by atoms with Gasteiger partial charge in [0.25, 0.3) is 0 Å². The van der Waals surface area contributed by atoms with Gasteiger partial charge in [-0.05, 0) is 23.8 Å². The van der Waals surface area contributed by atoms with Crippen molar-refractivity contribution in [3.63, 3.8) is 0 Å². The van der Waals surface area contributed by atoms with Crippen LogP contribution in [-0.4, -0.2) is 72.0 Å². The van der Waals surface area contributed by atoms with Gasteiger partial charge >= 0.3 is 5.97 Å². The maximum Gasteiger partial charge on any atom is 0.352 e. The lowest BCUT2D eigenvalue weighted by molar-refractivity contribution is -0.663. The fraction of sp³-hybridized carbons (Fsp3) is 0.200. The van der Waals surface area contributed by atoms with Crippen LogP contribution in [0.5, 0.6) is 0 Å². The monoisotopic (exact) mass is 722 g/mol. The quantitative estimate of drug-likeness (QED) is 0.0565. The molecule has 0 unspecified atom stereocenters. The number of thiazole rings is 1. The average molecular weight is 723 g/mol. The fourth-order valence-electron chi connectivity index (χ4n) is 6.26. The van der Waals surface area contributed by atoms with Gasteiger partial charge in [0.05, 0.1) is 17.0 Å². The molecule has 51 heavy (non-hydrogen) atoms. The van der Waals surface area contributed by atoms with Crippen molar-refractivity contribution in [3.8, 4) is 0 Å². The number of carboxylic acid groups (broad SMARTS) is 1. The summed E-state index contributed by atoms with van der Waals surface area (Å²) in [6, 6.07) is 17.4. The Labute approximate surface area is 299 Å². The van der Waals surface area contributed by atoms with E-state index in [1.165, 1.54) is 23.8 Å². The van der Waals surface area contributed by atoms with E-state index >= 15 is 0 Å². The predicted molar refractivity (Wildman–Crippen MR) is 193 cm³/mol. The second kappa shape index (κ2) is 14.2. The lowest BCUT2D eigenvalue weighted by atomic mass is 9.89. The van der Waals surface area contributed by atoms with Gasteiger partial charge in [0.15, 0.2) is 29.4 Å². The summed E-state index contributed by atoms with van der Waals surface area (Å²) < 4.78 is 4.11. The van der Waals surface area contributed by atoms with E-state index in [0.29, 0.717) is 23.7 Å². The summed E-state index contributed by atoms with van der Waals surface area (Å²) in [6.07, 6.45) is 7.06. The summed E-state index contributed by atoms with van der Waals surface area (Å²) in [7, 11) is 1.31.